The first-order chi connectivity index (χ1) is 31.5. The van der Waals surface area contributed by atoms with Crippen molar-refractivity contribution in [1.82, 2.24) is 30.1 Å². The average molecular weight is 940 g/mol. The van der Waals surface area contributed by atoms with E-state index in [1.165, 1.54) is 16.7 Å². The number of aromatic nitrogens is 4. The molecule has 6 aromatic rings. The van der Waals surface area contributed by atoms with Gasteiger partial charge in [-0.1, -0.05) is 57.8 Å². The van der Waals surface area contributed by atoms with E-state index in [0.717, 1.165) is 60.3 Å². The van der Waals surface area contributed by atoms with E-state index >= 15 is 0 Å². The Morgan fingerprint density at radius 2 is 1.15 bits per heavy atom. The smallest absolute Gasteiger partial charge is 0.307 e. The van der Waals surface area contributed by atoms with Gasteiger partial charge in [-0.3, -0.25) is 19.4 Å². The van der Waals surface area contributed by atoms with Crippen molar-refractivity contribution in [3.8, 4) is 57.2 Å². The van der Waals surface area contributed by atoms with Gasteiger partial charge in [-0.2, -0.15) is 9.97 Å². The Balaban J connectivity index is 0.000000198. The maximum Gasteiger partial charge on any atom is 0.307 e. The van der Waals surface area contributed by atoms with E-state index in [1.54, 1.807) is 12.1 Å². The van der Waals surface area contributed by atoms with Crippen LogP contribution in [0.3, 0.4) is 0 Å². The van der Waals surface area contributed by atoms with Gasteiger partial charge in [-0.25, -0.2) is 0 Å². The third-order valence-electron chi connectivity index (χ3n) is 10.8. The lowest BCUT2D eigenvalue weighted by molar-refractivity contribution is -0.155. The third kappa shape index (κ3) is 12.5. The Morgan fingerprint density at radius 1 is 0.697 bits per heavy atom. The lowest BCUT2D eigenvalue weighted by Gasteiger charge is -2.29. The van der Waals surface area contributed by atoms with Crippen LogP contribution in [-0.4, -0.2) is 91.1 Å². The number of rotatable bonds is 14. The van der Waals surface area contributed by atoms with Crippen LogP contribution >= 0.6 is 23.2 Å². The summed E-state index contributed by atoms with van der Waals surface area (Å²) in [5.74, 6) is 2.19. The Hall–Kier alpha value is -5.80. The summed E-state index contributed by atoms with van der Waals surface area (Å²) in [5.41, 5.74) is 7.65. The molecule has 0 spiro atoms. The van der Waals surface area contributed by atoms with Crippen LogP contribution in [0.4, 0.5) is 0 Å². The number of hydrogen-bond acceptors (Lipinski definition) is 13. The Kier molecular flexibility index (Phi) is 15.5. The van der Waals surface area contributed by atoms with E-state index in [0.29, 0.717) is 71.0 Å². The molecule has 0 amide bonds. The first kappa shape index (κ1) is 48.1. The summed E-state index contributed by atoms with van der Waals surface area (Å²) < 4.78 is 28.1. The SMILES string of the molecule is CC(C)Oc1ccc(-c2noc(-c3cccc4c3CCN(CCC(=O)O)C4)n2)cc1Cl.CC(C)Oc1ccc(-c2noc(-c3cccc4c3CCN(CCC(=O)OC(C)(C)C)C4)n2)cc1Cl. The molecule has 14 nitrogen and oxygen atoms in total. The summed E-state index contributed by atoms with van der Waals surface area (Å²) in [5, 5.41) is 18.3. The molecule has 4 heterocycles. The number of ether oxygens (including phenoxy) is 3. The predicted molar refractivity (Wildman–Crippen MR) is 253 cm³/mol. The highest BCUT2D eigenvalue weighted by Crippen LogP contribution is 2.35. The molecular formula is C50H56Cl2N6O8. The number of carboxylic acids is 1. The van der Waals surface area contributed by atoms with E-state index in [9.17, 15) is 9.59 Å². The molecule has 0 fully saturated rings. The maximum atomic E-state index is 12.1. The highest BCUT2D eigenvalue weighted by atomic mass is 35.5. The number of fused-ring (bicyclic) bond motifs is 2. The van der Waals surface area contributed by atoms with Gasteiger partial charge < -0.3 is 28.4 Å². The maximum absolute atomic E-state index is 12.1. The van der Waals surface area contributed by atoms with Crippen molar-refractivity contribution < 1.29 is 38.0 Å². The molecule has 0 radical (unpaired) electrons. The minimum absolute atomic E-state index is 0.0319. The fourth-order valence-corrected chi connectivity index (χ4v) is 8.34. The molecule has 0 aliphatic carbocycles. The molecule has 1 N–H and O–H groups in total. The largest absolute Gasteiger partial charge is 0.489 e. The van der Waals surface area contributed by atoms with Crippen molar-refractivity contribution in [1.29, 1.82) is 0 Å². The molecule has 0 unspecified atom stereocenters. The molecule has 0 saturated carbocycles. The van der Waals surface area contributed by atoms with E-state index in [1.807, 2.05) is 97.0 Å². The molecule has 16 heteroatoms. The lowest BCUT2D eigenvalue weighted by atomic mass is 9.94. The quantitative estimate of drug-likeness (QED) is 0.102. The number of carbonyl (C=O) groups is 2. The number of hydrogen-bond donors (Lipinski definition) is 1. The topological polar surface area (TPSA) is 166 Å². The van der Waals surface area contributed by atoms with Crippen molar-refractivity contribution in [3.05, 3.63) is 105 Å². The highest BCUT2D eigenvalue weighted by molar-refractivity contribution is 6.32. The standard InChI is InChI=1S/C27H32ClN3O4.C23H24ClN3O4/c1-17(2)33-23-10-9-18(15-22(23)28)25-29-26(35-30-25)21-8-6-7-19-16-31(13-11-20(19)21)14-12-24(32)34-27(3,4)5;1-14(2)30-20-7-6-15(12-19(20)24)22-25-23(31-26-22)18-5-3-4-16-13-27(10-8-17(16)18)11-9-21(28)29/h6-10,15,17H,11-14,16H2,1-5H3;3-7,12,14H,8-11,13H2,1-2H3,(H,28,29). The number of nitrogens with zero attached hydrogens (tertiary/aromatic N) is 6. The lowest BCUT2D eigenvalue weighted by Crippen LogP contribution is -2.34. The zero-order valence-corrected chi connectivity index (χ0v) is 39.9. The van der Waals surface area contributed by atoms with Crippen molar-refractivity contribution in [3.63, 3.8) is 0 Å². The van der Waals surface area contributed by atoms with Gasteiger partial charge >= 0.3 is 11.9 Å². The first-order valence-electron chi connectivity index (χ1n) is 22.2. The number of carboxylic acid groups (broad SMARTS) is 1. The van der Waals surface area contributed by atoms with Crippen LogP contribution in [0.15, 0.2) is 81.8 Å². The van der Waals surface area contributed by atoms with Gasteiger partial charge in [0.2, 0.25) is 11.6 Å². The first-order valence-corrected chi connectivity index (χ1v) is 23.0. The third-order valence-corrected chi connectivity index (χ3v) is 11.4. The monoisotopic (exact) mass is 938 g/mol. The van der Waals surface area contributed by atoms with Crippen molar-refractivity contribution in [2.24, 2.45) is 0 Å². The Labute approximate surface area is 395 Å². The second-order valence-electron chi connectivity index (χ2n) is 17.9. The van der Waals surface area contributed by atoms with Gasteiger partial charge in [0.05, 0.1) is 35.1 Å². The van der Waals surface area contributed by atoms with E-state index in [-0.39, 0.29) is 24.6 Å². The zero-order valence-electron chi connectivity index (χ0n) is 38.4. The van der Waals surface area contributed by atoms with E-state index in [4.69, 9.17) is 51.6 Å². The number of carbonyl (C=O) groups excluding carboxylic acids is 1. The van der Waals surface area contributed by atoms with Crippen LogP contribution in [0.25, 0.3) is 45.7 Å². The number of aliphatic carboxylic acids is 1. The van der Waals surface area contributed by atoms with Gasteiger partial charge in [0.25, 0.3) is 11.8 Å². The van der Waals surface area contributed by atoms with Crippen LogP contribution in [0.2, 0.25) is 10.0 Å². The molecule has 348 valence electrons. The van der Waals surface area contributed by atoms with Gasteiger partial charge in [0, 0.05) is 61.5 Å². The van der Waals surface area contributed by atoms with E-state index in [2.05, 4.69) is 42.2 Å². The molecular weight excluding hydrogens is 883 g/mol. The Morgan fingerprint density at radius 3 is 1.56 bits per heavy atom. The molecule has 0 atom stereocenters. The van der Waals surface area contributed by atoms with Gasteiger partial charge in [-0.15, -0.1) is 0 Å². The summed E-state index contributed by atoms with van der Waals surface area (Å²) >= 11 is 12.7. The number of halogens is 2. The van der Waals surface area contributed by atoms with E-state index < -0.39 is 11.6 Å². The second kappa shape index (κ2) is 21.2. The Bertz CT molecular complexity index is 2660. The number of esters is 1. The average Bonchev–Trinajstić information content (AvgIpc) is 3.97. The molecule has 2 aromatic heterocycles. The normalized spacial score (nSPS) is 14.0. The van der Waals surface area contributed by atoms with Crippen LogP contribution in [0.5, 0.6) is 11.5 Å². The summed E-state index contributed by atoms with van der Waals surface area (Å²) in [6.07, 6.45) is 2.23. The molecule has 8 rings (SSSR count). The van der Waals surface area contributed by atoms with Crippen molar-refractivity contribution in [2.75, 3.05) is 26.2 Å². The zero-order chi connectivity index (χ0) is 47.1. The minimum Gasteiger partial charge on any atom is -0.489 e. The summed E-state index contributed by atoms with van der Waals surface area (Å²) in [4.78, 5) is 36.6. The number of benzene rings is 4. The van der Waals surface area contributed by atoms with Gasteiger partial charge in [-0.05, 0) is 132 Å². The van der Waals surface area contributed by atoms with Crippen LogP contribution < -0.4 is 9.47 Å². The fraction of sp³-hybridized carbons (Fsp3) is 0.400. The minimum atomic E-state index is -0.776. The van der Waals surface area contributed by atoms with Crippen LogP contribution in [0, 0.1) is 0 Å². The molecule has 2 aliphatic heterocycles. The molecule has 0 bridgehead atoms. The van der Waals surface area contributed by atoms with Crippen molar-refractivity contribution in [2.45, 2.75) is 105 Å². The second-order valence-corrected chi connectivity index (χ2v) is 18.7. The fourth-order valence-electron chi connectivity index (χ4n) is 7.89. The van der Waals surface area contributed by atoms with Gasteiger partial charge in [0.15, 0.2) is 0 Å². The molecule has 0 saturated heterocycles. The summed E-state index contributed by atoms with van der Waals surface area (Å²) in [6, 6.07) is 23.1. The van der Waals surface area contributed by atoms with Crippen molar-refractivity contribution >= 4 is 35.1 Å². The molecule has 66 heavy (non-hydrogen) atoms. The summed E-state index contributed by atoms with van der Waals surface area (Å²) in [6.45, 7) is 17.8. The predicted octanol–water partition coefficient (Wildman–Crippen LogP) is 10.6. The van der Waals surface area contributed by atoms with Crippen LogP contribution in [-0.2, 0) is 40.3 Å². The molecule has 2 aliphatic rings. The van der Waals surface area contributed by atoms with Gasteiger partial charge in [0.1, 0.15) is 17.1 Å². The summed E-state index contributed by atoms with van der Waals surface area (Å²) in [7, 11) is 0. The molecule has 4 aromatic carbocycles. The van der Waals surface area contributed by atoms with Crippen LogP contribution in [0.1, 0.15) is 83.6 Å². The highest BCUT2D eigenvalue weighted by Gasteiger charge is 2.25.